The van der Waals surface area contributed by atoms with Crippen LogP contribution in [0.25, 0.3) is 11.0 Å². The molecule has 0 aliphatic rings. The number of ether oxygens (including phenoxy) is 2. The number of rotatable bonds is 9. The summed E-state index contributed by atoms with van der Waals surface area (Å²) in [5.41, 5.74) is -0.254. The molecule has 26 heavy (non-hydrogen) atoms. The quantitative estimate of drug-likeness (QED) is 0.452. The van der Waals surface area contributed by atoms with E-state index in [0.29, 0.717) is 23.3 Å². The molecule has 0 fully saturated rings. The Morgan fingerprint density at radius 3 is 2.23 bits per heavy atom. The number of aromatic hydroxyl groups is 1. The zero-order chi connectivity index (χ0) is 18.2. The molecule has 0 bridgehead atoms. The van der Waals surface area contributed by atoms with Crippen molar-refractivity contribution in [2.45, 2.75) is 25.7 Å². The van der Waals surface area contributed by atoms with Crippen molar-refractivity contribution in [3.05, 3.63) is 65.0 Å². The zero-order valence-corrected chi connectivity index (χ0v) is 14.5. The summed E-state index contributed by atoms with van der Waals surface area (Å²) in [6.07, 6.45) is 4.08. The Morgan fingerprint density at radius 1 is 0.808 bits per heavy atom. The van der Waals surface area contributed by atoms with E-state index < -0.39 is 5.63 Å². The van der Waals surface area contributed by atoms with Gasteiger partial charge in [-0.15, -0.1) is 0 Å². The smallest absolute Gasteiger partial charge is 0.339 e. The number of para-hydroxylation sites is 1. The van der Waals surface area contributed by atoms with Gasteiger partial charge in [0.2, 0.25) is 0 Å². The third-order valence-electron chi connectivity index (χ3n) is 4.01. The molecule has 0 atom stereocenters. The maximum absolute atomic E-state index is 11.3. The number of hydrogen-bond acceptors (Lipinski definition) is 5. The highest BCUT2D eigenvalue weighted by Gasteiger charge is 2.05. The molecule has 3 rings (SSSR count). The van der Waals surface area contributed by atoms with E-state index in [1.54, 1.807) is 18.2 Å². The van der Waals surface area contributed by atoms with Gasteiger partial charge >= 0.3 is 5.63 Å². The third kappa shape index (κ3) is 5.02. The Morgan fingerprint density at radius 2 is 1.50 bits per heavy atom. The van der Waals surface area contributed by atoms with E-state index in [1.165, 1.54) is 0 Å². The van der Waals surface area contributed by atoms with Gasteiger partial charge in [0.25, 0.3) is 0 Å². The molecule has 0 radical (unpaired) electrons. The largest absolute Gasteiger partial charge is 0.507 e. The molecule has 136 valence electrons. The normalized spacial score (nSPS) is 10.8. The summed E-state index contributed by atoms with van der Waals surface area (Å²) in [5, 5.41) is 10.2. The van der Waals surface area contributed by atoms with E-state index in [-0.39, 0.29) is 5.75 Å². The summed E-state index contributed by atoms with van der Waals surface area (Å²) in [4.78, 5) is 11.3. The van der Waals surface area contributed by atoms with Crippen LogP contribution in [0.4, 0.5) is 0 Å². The lowest BCUT2D eigenvalue weighted by atomic mass is 10.2. The second-order valence-corrected chi connectivity index (χ2v) is 6.03. The summed E-state index contributed by atoms with van der Waals surface area (Å²) in [6.45, 7) is 1.31. The second-order valence-electron chi connectivity index (χ2n) is 6.03. The van der Waals surface area contributed by atoms with Crippen molar-refractivity contribution in [1.29, 1.82) is 0 Å². The average molecular weight is 354 g/mol. The molecule has 0 amide bonds. The number of fused-ring (bicyclic) bond motifs is 1. The molecule has 1 heterocycles. The van der Waals surface area contributed by atoms with Crippen LogP contribution in [0.15, 0.2) is 63.8 Å². The lowest BCUT2D eigenvalue weighted by molar-refractivity contribution is 0.287. The molecule has 1 aromatic heterocycles. The van der Waals surface area contributed by atoms with Crippen molar-refractivity contribution < 1.29 is 19.0 Å². The number of hydrogen-bond donors (Lipinski definition) is 1. The maximum atomic E-state index is 11.3. The van der Waals surface area contributed by atoms with Gasteiger partial charge in [0.05, 0.1) is 24.7 Å². The fourth-order valence-corrected chi connectivity index (χ4v) is 2.67. The molecular formula is C21H22O5. The minimum atomic E-state index is -0.579. The van der Waals surface area contributed by atoms with Crippen molar-refractivity contribution in [1.82, 2.24) is 0 Å². The molecule has 0 unspecified atom stereocenters. The highest BCUT2D eigenvalue weighted by atomic mass is 16.5. The monoisotopic (exact) mass is 354 g/mol. The Bertz CT molecular complexity index is 886. The second kappa shape index (κ2) is 8.94. The minimum Gasteiger partial charge on any atom is -0.507 e. The van der Waals surface area contributed by atoms with Crippen LogP contribution in [0.1, 0.15) is 25.7 Å². The molecule has 1 N–H and O–H groups in total. The topological polar surface area (TPSA) is 68.9 Å². The first-order chi connectivity index (χ1) is 12.7. The highest BCUT2D eigenvalue weighted by molar-refractivity contribution is 5.83. The molecule has 0 aliphatic carbocycles. The van der Waals surface area contributed by atoms with Gasteiger partial charge in [-0.1, -0.05) is 18.2 Å². The van der Waals surface area contributed by atoms with Crippen LogP contribution in [0, 0.1) is 0 Å². The average Bonchev–Trinajstić information content (AvgIpc) is 2.64. The van der Waals surface area contributed by atoms with Crippen LogP contribution in [-0.4, -0.2) is 18.3 Å². The van der Waals surface area contributed by atoms with Gasteiger partial charge in [-0.3, -0.25) is 0 Å². The van der Waals surface area contributed by atoms with Gasteiger partial charge in [-0.05, 0) is 49.9 Å². The summed E-state index contributed by atoms with van der Waals surface area (Å²) >= 11 is 0. The summed E-state index contributed by atoms with van der Waals surface area (Å²) in [6, 6.07) is 15.9. The van der Waals surface area contributed by atoms with Gasteiger partial charge in [-0.25, -0.2) is 4.79 Å². The number of benzene rings is 2. The lowest BCUT2D eigenvalue weighted by Crippen LogP contribution is -2.00. The number of unbranched alkanes of at least 4 members (excludes halogenated alkanes) is 3. The van der Waals surface area contributed by atoms with Crippen LogP contribution < -0.4 is 15.1 Å². The lowest BCUT2D eigenvalue weighted by Gasteiger charge is -2.08. The maximum Gasteiger partial charge on any atom is 0.339 e. The molecule has 3 aromatic rings. The van der Waals surface area contributed by atoms with Gasteiger partial charge in [0, 0.05) is 6.07 Å². The van der Waals surface area contributed by atoms with Crippen molar-refractivity contribution in [3.8, 4) is 17.2 Å². The Balaban J connectivity index is 1.35. The third-order valence-corrected chi connectivity index (χ3v) is 4.01. The molecular weight excluding hydrogens is 332 g/mol. The highest BCUT2D eigenvalue weighted by Crippen LogP contribution is 2.26. The van der Waals surface area contributed by atoms with E-state index in [2.05, 4.69) is 0 Å². The van der Waals surface area contributed by atoms with Crippen LogP contribution in [0.5, 0.6) is 17.2 Å². The fraction of sp³-hybridized carbons (Fsp3) is 0.286. The first-order valence-electron chi connectivity index (χ1n) is 8.80. The van der Waals surface area contributed by atoms with Crippen molar-refractivity contribution in [2.24, 2.45) is 0 Å². The van der Waals surface area contributed by atoms with Crippen LogP contribution in [0.3, 0.4) is 0 Å². The van der Waals surface area contributed by atoms with Gasteiger partial charge < -0.3 is 19.0 Å². The van der Waals surface area contributed by atoms with Gasteiger partial charge in [0.15, 0.2) is 0 Å². The first-order valence-corrected chi connectivity index (χ1v) is 8.80. The van der Waals surface area contributed by atoms with Crippen molar-refractivity contribution in [3.63, 3.8) is 0 Å². The Labute approximate surface area is 151 Å². The van der Waals surface area contributed by atoms with Crippen LogP contribution in [-0.2, 0) is 0 Å². The SMILES string of the molecule is O=c1cc(O)c2ccc(OCCCCCCOc3ccccc3)cc2o1. The van der Waals surface area contributed by atoms with Crippen molar-refractivity contribution >= 4 is 11.0 Å². The standard InChI is InChI=1S/C21H22O5/c22-19-15-21(23)26-20-14-17(10-11-18(19)20)25-13-7-2-1-6-12-24-16-8-4-3-5-9-16/h3-5,8-11,14-15,22H,1-2,6-7,12-13H2. The first kappa shape index (κ1) is 17.9. The Hall–Kier alpha value is -2.95. The molecule has 0 saturated carbocycles. The van der Waals surface area contributed by atoms with Crippen molar-refractivity contribution in [2.75, 3.05) is 13.2 Å². The Kier molecular flexibility index (Phi) is 6.14. The predicted octanol–water partition coefficient (Wildman–Crippen LogP) is 4.52. The van der Waals surface area contributed by atoms with Gasteiger partial charge in [-0.2, -0.15) is 0 Å². The van der Waals surface area contributed by atoms with E-state index in [1.807, 2.05) is 30.3 Å². The van der Waals surface area contributed by atoms with E-state index in [0.717, 1.165) is 44.1 Å². The minimum absolute atomic E-state index is 0.0829. The van der Waals surface area contributed by atoms with E-state index in [4.69, 9.17) is 13.9 Å². The van der Waals surface area contributed by atoms with Crippen LogP contribution in [0.2, 0.25) is 0 Å². The fourth-order valence-electron chi connectivity index (χ4n) is 2.67. The predicted molar refractivity (Wildman–Crippen MR) is 100 cm³/mol. The molecule has 5 heteroatoms. The molecule has 5 nitrogen and oxygen atoms in total. The van der Waals surface area contributed by atoms with Gasteiger partial charge in [0.1, 0.15) is 22.8 Å². The molecule has 0 spiro atoms. The molecule has 0 saturated heterocycles. The summed E-state index contributed by atoms with van der Waals surface area (Å²) < 4.78 is 16.4. The zero-order valence-electron chi connectivity index (χ0n) is 14.5. The van der Waals surface area contributed by atoms with E-state index in [9.17, 15) is 9.90 Å². The summed E-state index contributed by atoms with van der Waals surface area (Å²) in [7, 11) is 0. The molecule has 2 aromatic carbocycles. The van der Waals surface area contributed by atoms with Crippen LogP contribution >= 0.6 is 0 Å². The van der Waals surface area contributed by atoms with E-state index >= 15 is 0 Å². The molecule has 0 aliphatic heterocycles. The summed E-state index contributed by atoms with van der Waals surface area (Å²) in [5.74, 6) is 1.45.